The first-order chi connectivity index (χ1) is 8.49. The van der Waals surface area contributed by atoms with E-state index in [9.17, 15) is 4.79 Å². The van der Waals surface area contributed by atoms with Crippen LogP contribution in [-0.2, 0) is 9.53 Å². The van der Waals surface area contributed by atoms with Crippen LogP contribution in [0.2, 0.25) is 0 Å². The molecule has 0 aromatic rings. The molecule has 2 aliphatic carbocycles. The number of fused-ring (bicyclic) bond motifs is 2. The largest absolute Gasteiger partial charge is 0.494 e. The molecule has 0 saturated carbocycles. The average Bonchev–Trinajstić information content (AvgIpc) is 2.31. The topological polar surface area (TPSA) is 26.3 Å². The molecule has 0 aromatic heterocycles. The maximum absolute atomic E-state index is 12.0. The molecular formula is C16H22O2. The molecule has 0 N–H and O–H groups in total. The number of rotatable bonds is 0. The fraction of sp³-hybridized carbons (Fsp3) is 0.688. The summed E-state index contributed by atoms with van der Waals surface area (Å²) in [4.78, 5) is 12.0. The van der Waals surface area contributed by atoms with Crippen molar-refractivity contribution in [3.05, 3.63) is 23.0 Å². The average molecular weight is 246 g/mol. The Labute approximate surface area is 109 Å². The predicted octanol–water partition coefficient (Wildman–Crippen LogP) is 3.77. The van der Waals surface area contributed by atoms with Crippen molar-refractivity contribution in [2.75, 3.05) is 0 Å². The minimum Gasteiger partial charge on any atom is -0.494 e. The van der Waals surface area contributed by atoms with E-state index in [1.807, 2.05) is 0 Å². The Morgan fingerprint density at radius 1 is 1.33 bits per heavy atom. The molecule has 0 saturated heterocycles. The third-order valence-corrected chi connectivity index (χ3v) is 4.92. The van der Waals surface area contributed by atoms with Crippen LogP contribution in [0, 0.1) is 11.3 Å². The smallest absolute Gasteiger partial charge is 0.140 e. The Kier molecular flexibility index (Phi) is 2.65. The highest BCUT2D eigenvalue weighted by molar-refractivity contribution is 5.86. The first kappa shape index (κ1) is 12.0. The maximum Gasteiger partial charge on any atom is 0.140 e. The van der Waals surface area contributed by atoms with E-state index < -0.39 is 0 Å². The van der Waals surface area contributed by atoms with Gasteiger partial charge in [0.15, 0.2) is 0 Å². The van der Waals surface area contributed by atoms with Crippen molar-refractivity contribution in [3.8, 4) is 0 Å². The van der Waals surface area contributed by atoms with E-state index in [4.69, 9.17) is 4.74 Å². The van der Waals surface area contributed by atoms with Crippen molar-refractivity contribution in [2.45, 2.75) is 59.0 Å². The molecule has 2 atom stereocenters. The van der Waals surface area contributed by atoms with E-state index in [0.717, 1.165) is 32.1 Å². The summed E-state index contributed by atoms with van der Waals surface area (Å²) >= 11 is 0. The third kappa shape index (κ3) is 1.73. The van der Waals surface area contributed by atoms with E-state index in [1.54, 1.807) is 0 Å². The molecule has 1 heterocycles. The van der Waals surface area contributed by atoms with Crippen LogP contribution in [0.4, 0.5) is 0 Å². The van der Waals surface area contributed by atoms with Crippen LogP contribution >= 0.6 is 0 Å². The zero-order valence-electron chi connectivity index (χ0n) is 11.6. The molecule has 18 heavy (non-hydrogen) atoms. The van der Waals surface area contributed by atoms with Crippen LogP contribution in [0.15, 0.2) is 23.0 Å². The fourth-order valence-corrected chi connectivity index (χ4v) is 3.40. The highest BCUT2D eigenvalue weighted by atomic mass is 16.5. The Bertz CT molecular complexity index is 454. The number of carbonyl (C=O) groups is 1. The monoisotopic (exact) mass is 246 g/mol. The number of allylic oxidation sites excluding steroid dienone is 4. The van der Waals surface area contributed by atoms with Crippen molar-refractivity contribution in [2.24, 2.45) is 11.3 Å². The minimum absolute atomic E-state index is 0.169. The molecule has 3 aliphatic rings. The molecular weight excluding hydrogens is 224 g/mol. The van der Waals surface area contributed by atoms with Gasteiger partial charge < -0.3 is 4.74 Å². The summed E-state index contributed by atoms with van der Waals surface area (Å²) in [6.45, 7) is 6.68. The zero-order valence-corrected chi connectivity index (χ0v) is 11.6. The van der Waals surface area contributed by atoms with Gasteiger partial charge in [-0.05, 0) is 37.3 Å². The normalized spacial score (nSPS) is 34.4. The molecule has 1 aliphatic heterocycles. The molecule has 0 bridgehead atoms. The Morgan fingerprint density at radius 3 is 2.89 bits per heavy atom. The van der Waals surface area contributed by atoms with E-state index in [2.05, 4.69) is 26.8 Å². The number of ether oxygens (including phenoxy) is 1. The lowest BCUT2D eigenvalue weighted by molar-refractivity contribution is -0.122. The summed E-state index contributed by atoms with van der Waals surface area (Å²) in [6.07, 6.45) is 7.16. The number of ketones is 1. The lowest BCUT2D eigenvalue weighted by atomic mass is 9.69. The van der Waals surface area contributed by atoms with E-state index in [1.165, 1.54) is 16.9 Å². The Hall–Kier alpha value is -1.05. The molecule has 98 valence electrons. The zero-order chi connectivity index (χ0) is 12.9. The quantitative estimate of drug-likeness (QED) is 0.650. The van der Waals surface area contributed by atoms with Gasteiger partial charge in [-0.3, -0.25) is 4.79 Å². The summed E-state index contributed by atoms with van der Waals surface area (Å²) in [7, 11) is 0. The van der Waals surface area contributed by atoms with E-state index in [0.29, 0.717) is 5.78 Å². The number of carbonyl (C=O) groups excluding carboxylic acids is 1. The second-order valence-corrected chi connectivity index (χ2v) is 6.58. The van der Waals surface area contributed by atoms with Gasteiger partial charge in [-0.25, -0.2) is 0 Å². The molecule has 0 fully saturated rings. The molecule has 0 aromatic carbocycles. The van der Waals surface area contributed by atoms with Gasteiger partial charge in [0.05, 0.1) is 5.76 Å². The van der Waals surface area contributed by atoms with Gasteiger partial charge in [0.1, 0.15) is 11.9 Å². The predicted molar refractivity (Wildman–Crippen MR) is 71.0 cm³/mol. The summed E-state index contributed by atoms with van der Waals surface area (Å²) in [5.41, 5.74) is 2.82. The first-order valence-corrected chi connectivity index (χ1v) is 7.11. The fourth-order valence-electron chi connectivity index (χ4n) is 3.40. The molecule has 0 amide bonds. The number of hydrogen-bond donors (Lipinski definition) is 0. The van der Waals surface area contributed by atoms with Crippen LogP contribution in [-0.4, -0.2) is 11.9 Å². The van der Waals surface area contributed by atoms with Crippen LogP contribution < -0.4 is 0 Å². The molecule has 2 heteroatoms. The summed E-state index contributed by atoms with van der Waals surface area (Å²) in [6, 6.07) is 0. The Balaban J connectivity index is 2.00. The molecule has 2 nitrogen and oxygen atoms in total. The van der Waals surface area contributed by atoms with Crippen molar-refractivity contribution >= 4 is 5.78 Å². The van der Waals surface area contributed by atoms with Crippen molar-refractivity contribution in [3.63, 3.8) is 0 Å². The van der Waals surface area contributed by atoms with Gasteiger partial charge in [-0.2, -0.15) is 0 Å². The lowest BCUT2D eigenvalue weighted by Gasteiger charge is -2.43. The van der Waals surface area contributed by atoms with Crippen LogP contribution in [0.1, 0.15) is 52.9 Å². The SMILES string of the molecule is C[C@@H]1OC2=C(CC1(C)C)C1=CCCC(=O)[C@@H]1CC2. The standard InChI is InChI=1S/C16H22O2/c1-10-16(2,3)9-13-11-5-4-6-14(17)12(11)7-8-15(13)18-10/h5,10,12H,4,6-9H2,1-3H3/t10-,12+/m0/s1. The highest BCUT2D eigenvalue weighted by Crippen LogP contribution is 2.48. The molecule has 0 spiro atoms. The Morgan fingerprint density at radius 2 is 2.11 bits per heavy atom. The number of Topliss-reactive ketones (excluding diaryl/α,β-unsaturated/α-hetero) is 1. The third-order valence-electron chi connectivity index (χ3n) is 4.92. The first-order valence-electron chi connectivity index (χ1n) is 7.11. The van der Waals surface area contributed by atoms with Gasteiger partial charge in [-0.1, -0.05) is 19.9 Å². The second-order valence-electron chi connectivity index (χ2n) is 6.58. The second kappa shape index (κ2) is 3.97. The van der Waals surface area contributed by atoms with Crippen molar-refractivity contribution < 1.29 is 9.53 Å². The van der Waals surface area contributed by atoms with Gasteiger partial charge in [-0.15, -0.1) is 0 Å². The van der Waals surface area contributed by atoms with E-state index >= 15 is 0 Å². The van der Waals surface area contributed by atoms with Gasteiger partial charge >= 0.3 is 0 Å². The summed E-state index contributed by atoms with van der Waals surface area (Å²) in [5.74, 6) is 1.78. The summed E-state index contributed by atoms with van der Waals surface area (Å²) < 4.78 is 6.12. The maximum atomic E-state index is 12.0. The van der Waals surface area contributed by atoms with Gasteiger partial charge in [0, 0.05) is 24.2 Å². The summed E-state index contributed by atoms with van der Waals surface area (Å²) in [5, 5.41) is 0. The lowest BCUT2D eigenvalue weighted by Crippen LogP contribution is -2.37. The molecule has 3 rings (SSSR count). The van der Waals surface area contributed by atoms with Crippen molar-refractivity contribution in [1.29, 1.82) is 0 Å². The van der Waals surface area contributed by atoms with Crippen LogP contribution in [0.25, 0.3) is 0 Å². The van der Waals surface area contributed by atoms with E-state index in [-0.39, 0.29) is 17.4 Å². The minimum atomic E-state index is 0.169. The number of hydrogen-bond acceptors (Lipinski definition) is 2. The van der Waals surface area contributed by atoms with Crippen LogP contribution in [0.5, 0.6) is 0 Å². The molecule has 0 radical (unpaired) electrons. The van der Waals surface area contributed by atoms with Gasteiger partial charge in [0.25, 0.3) is 0 Å². The highest BCUT2D eigenvalue weighted by Gasteiger charge is 2.41. The molecule has 0 unspecified atom stereocenters. The van der Waals surface area contributed by atoms with Gasteiger partial charge in [0.2, 0.25) is 0 Å². The van der Waals surface area contributed by atoms with Crippen molar-refractivity contribution in [1.82, 2.24) is 0 Å². The van der Waals surface area contributed by atoms with Crippen LogP contribution in [0.3, 0.4) is 0 Å².